The zero-order valence-corrected chi connectivity index (χ0v) is 18.3. The minimum Gasteiger partial charge on any atom is -0.495 e. The molecular formula is C28H20N2O4. The molecule has 1 N–H and O–H groups in total. The summed E-state index contributed by atoms with van der Waals surface area (Å²) in [7, 11) is 1.52. The highest BCUT2D eigenvalue weighted by molar-refractivity contribution is 6.35. The summed E-state index contributed by atoms with van der Waals surface area (Å²) in [6.45, 7) is 0. The van der Waals surface area contributed by atoms with E-state index < -0.39 is 17.7 Å². The Morgan fingerprint density at radius 3 is 2.21 bits per heavy atom. The zero-order chi connectivity index (χ0) is 23.7. The van der Waals surface area contributed by atoms with Crippen LogP contribution in [0.4, 0.5) is 11.4 Å². The van der Waals surface area contributed by atoms with Crippen LogP contribution in [0.3, 0.4) is 0 Å². The number of benzene rings is 4. The Labute approximate surface area is 196 Å². The van der Waals surface area contributed by atoms with Gasteiger partial charge in [-0.3, -0.25) is 14.4 Å². The second-order valence-corrected chi connectivity index (χ2v) is 7.74. The number of hydrogen-bond donors (Lipinski definition) is 1. The minimum absolute atomic E-state index is 0.195. The van der Waals surface area contributed by atoms with Gasteiger partial charge in [0, 0.05) is 11.1 Å². The number of carbonyl (C=O) groups is 3. The molecule has 0 aliphatic carbocycles. The first-order chi connectivity index (χ1) is 16.6. The van der Waals surface area contributed by atoms with Gasteiger partial charge in [-0.25, -0.2) is 4.90 Å². The third-order valence-electron chi connectivity index (χ3n) is 5.73. The molecule has 0 saturated heterocycles. The number of carbonyl (C=O) groups excluding carboxylic acids is 3. The van der Waals surface area contributed by atoms with Gasteiger partial charge in [-0.1, -0.05) is 60.7 Å². The second kappa shape index (κ2) is 8.67. The third-order valence-corrected chi connectivity index (χ3v) is 5.73. The van der Waals surface area contributed by atoms with Crippen molar-refractivity contribution in [3.8, 4) is 16.9 Å². The van der Waals surface area contributed by atoms with Crippen molar-refractivity contribution in [3.63, 3.8) is 0 Å². The molecule has 3 amide bonds. The maximum absolute atomic E-state index is 13.4. The van der Waals surface area contributed by atoms with Crippen LogP contribution in [0.1, 0.15) is 31.1 Å². The molecule has 0 saturated carbocycles. The number of anilines is 2. The lowest BCUT2D eigenvalue weighted by Gasteiger charge is -2.18. The van der Waals surface area contributed by atoms with E-state index in [0.29, 0.717) is 17.1 Å². The van der Waals surface area contributed by atoms with E-state index in [9.17, 15) is 14.4 Å². The fourth-order valence-corrected chi connectivity index (χ4v) is 4.07. The second-order valence-electron chi connectivity index (χ2n) is 7.74. The van der Waals surface area contributed by atoms with Crippen molar-refractivity contribution in [3.05, 3.63) is 114 Å². The summed E-state index contributed by atoms with van der Waals surface area (Å²) in [5.41, 5.74) is 3.40. The first-order valence-corrected chi connectivity index (χ1v) is 10.7. The standard InChI is InChI=1S/C28H20N2O4/c1-34-25-14-8-6-12-23(25)29-26(31)19-15-16-21-22(17-19)28(33)30(27(21)32)24-13-7-5-11-20(24)18-9-3-2-4-10-18/h2-17H,1H3,(H,29,31). The molecule has 4 aromatic rings. The predicted molar refractivity (Wildman–Crippen MR) is 130 cm³/mol. The number of imide groups is 1. The van der Waals surface area contributed by atoms with E-state index in [1.165, 1.54) is 24.1 Å². The number of amides is 3. The molecule has 0 unspecified atom stereocenters. The monoisotopic (exact) mass is 448 g/mol. The van der Waals surface area contributed by atoms with E-state index in [-0.39, 0.29) is 16.7 Å². The van der Waals surface area contributed by atoms with Gasteiger partial charge in [0.25, 0.3) is 17.7 Å². The average Bonchev–Trinajstić information content (AvgIpc) is 3.14. The van der Waals surface area contributed by atoms with Crippen molar-refractivity contribution in [2.24, 2.45) is 0 Å². The topological polar surface area (TPSA) is 75.7 Å². The van der Waals surface area contributed by atoms with Gasteiger partial charge >= 0.3 is 0 Å². The smallest absolute Gasteiger partial charge is 0.266 e. The predicted octanol–water partition coefficient (Wildman–Crippen LogP) is 5.42. The molecule has 0 spiro atoms. The zero-order valence-electron chi connectivity index (χ0n) is 18.3. The van der Waals surface area contributed by atoms with Crippen molar-refractivity contribution >= 4 is 29.1 Å². The third kappa shape index (κ3) is 3.61. The van der Waals surface area contributed by atoms with E-state index >= 15 is 0 Å². The van der Waals surface area contributed by atoms with E-state index in [0.717, 1.165) is 11.1 Å². The van der Waals surface area contributed by atoms with Crippen LogP contribution in [0.2, 0.25) is 0 Å². The molecule has 166 valence electrons. The molecule has 6 nitrogen and oxygen atoms in total. The Bertz CT molecular complexity index is 1430. The van der Waals surface area contributed by atoms with Crippen LogP contribution in [0.5, 0.6) is 5.75 Å². The van der Waals surface area contributed by atoms with Crippen molar-refractivity contribution in [1.82, 2.24) is 0 Å². The summed E-state index contributed by atoms with van der Waals surface area (Å²) in [5.74, 6) is -0.766. The lowest BCUT2D eigenvalue weighted by atomic mass is 10.0. The van der Waals surface area contributed by atoms with Gasteiger partial charge in [0.1, 0.15) is 5.75 Å². The van der Waals surface area contributed by atoms with E-state index in [2.05, 4.69) is 5.32 Å². The number of fused-ring (bicyclic) bond motifs is 1. The van der Waals surface area contributed by atoms with Gasteiger partial charge in [-0.05, 0) is 42.0 Å². The van der Waals surface area contributed by atoms with E-state index in [4.69, 9.17) is 4.74 Å². The summed E-state index contributed by atoms with van der Waals surface area (Å²) in [6, 6.07) is 28.4. The van der Waals surface area contributed by atoms with Gasteiger partial charge in [0.2, 0.25) is 0 Å². The number of para-hydroxylation sites is 3. The number of hydrogen-bond acceptors (Lipinski definition) is 4. The van der Waals surface area contributed by atoms with E-state index in [1.54, 1.807) is 42.5 Å². The van der Waals surface area contributed by atoms with Gasteiger partial charge in [0.15, 0.2) is 0 Å². The Balaban J connectivity index is 1.48. The van der Waals surface area contributed by atoms with Crippen molar-refractivity contribution in [1.29, 1.82) is 0 Å². The molecule has 0 bridgehead atoms. The van der Waals surface area contributed by atoms with Gasteiger partial charge in [0.05, 0.1) is 29.6 Å². The Morgan fingerprint density at radius 1 is 0.735 bits per heavy atom. The largest absolute Gasteiger partial charge is 0.495 e. The van der Waals surface area contributed by atoms with Gasteiger partial charge in [-0.15, -0.1) is 0 Å². The van der Waals surface area contributed by atoms with Crippen LogP contribution in [0.15, 0.2) is 97.1 Å². The van der Waals surface area contributed by atoms with Crippen LogP contribution >= 0.6 is 0 Å². The summed E-state index contributed by atoms with van der Waals surface area (Å²) in [5, 5.41) is 2.79. The summed E-state index contributed by atoms with van der Waals surface area (Å²) >= 11 is 0. The van der Waals surface area contributed by atoms with E-state index in [1.807, 2.05) is 42.5 Å². The minimum atomic E-state index is -0.463. The molecule has 0 radical (unpaired) electrons. The first kappa shape index (κ1) is 21.2. The molecule has 0 aromatic heterocycles. The first-order valence-electron chi connectivity index (χ1n) is 10.7. The highest BCUT2D eigenvalue weighted by atomic mass is 16.5. The van der Waals surface area contributed by atoms with Crippen molar-refractivity contribution in [2.45, 2.75) is 0 Å². The Hall–Kier alpha value is -4.71. The summed E-state index contributed by atoms with van der Waals surface area (Å²) in [6.07, 6.45) is 0. The lowest BCUT2D eigenvalue weighted by Crippen LogP contribution is -2.29. The van der Waals surface area contributed by atoms with Crippen LogP contribution in [-0.4, -0.2) is 24.8 Å². The highest BCUT2D eigenvalue weighted by Crippen LogP contribution is 2.36. The molecule has 34 heavy (non-hydrogen) atoms. The van der Waals surface area contributed by atoms with Gasteiger partial charge in [-0.2, -0.15) is 0 Å². The molecule has 1 heterocycles. The normalized spacial score (nSPS) is 12.4. The number of ether oxygens (including phenoxy) is 1. The number of rotatable bonds is 5. The summed E-state index contributed by atoms with van der Waals surface area (Å²) < 4.78 is 5.28. The Morgan fingerprint density at radius 2 is 1.41 bits per heavy atom. The fraction of sp³-hybridized carbons (Fsp3) is 0.0357. The maximum atomic E-state index is 13.4. The van der Waals surface area contributed by atoms with Crippen LogP contribution in [0, 0.1) is 0 Å². The molecular weight excluding hydrogens is 428 g/mol. The number of nitrogens with one attached hydrogen (secondary N) is 1. The SMILES string of the molecule is COc1ccccc1NC(=O)c1ccc2c(c1)C(=O)N(c1ccccc1-c1ccccc1)C2=O. The number of methoxy groups -OCH3 is 1. The molecule has 6 heteroatoms. The van der Waals surface area contributed by atoms with Crippen LogP contribution in [-0.2, 0) is 0 Å². The average molecular weight is 448 g/mol. The quantitative estimate of drug-likeness (QED) is 0.414. The molecule has 4 aromatic carbocycles. The molecule has 1 aliphatic heterocycles. The lowest BCUT2D eigenvalue weighted by molar-refractivity contribution is 0.0925. The summed E-state index contributed by atoms with van der Waals surface area (Å²) in [4.78, 5) is 40.7. The van der Waals surface area contributed by atoms with Crippen LogP contribution in [0.25, 0.3) is 11.1 Å². The maximum Gasteiger partial charge on any atom is 0.266 e. The Kier molecular flexibility index (Phi) is 5.40. The van der Waals surface area contributed by atoms with Crippen molar-refractivity contribution in [2.75, 3.05) is 17.3 Å². The number of nitrogens with zero attached hydrogens (tertiary/aromatic N) is 1. The van der Waals surface area contributed by atoms with Crippen LogP contribution < -0.4 is 15.0 Å². The fourth-order valence-electron chi connectivity index (χ4n) is 4.07. The molecule has 1 aliphatic rings. The molecule has 5 rings (SSSR count). The van der Waals surface area contributed by atoms with Gasteiger partial charge < -0.3 is 10.1 Å². The molecule has 0 atom stereocenters. The van der Waals surface area contributed by atoms with Crippen molar-refractivity contribution < 1.29 is 19.1 Å². The molecule has 0 fully saturated rings. The highest BCUT2D eigenvalue weighted by Gasteiger charge is 2.38.